The highest BCUT2D eigenvalue weighted by atomic mass is 32.2. The number of hydrogen-bond acceptors (Lipinski definition) is 4. The van der Waals surface area contributed by atoms with Crippen LogP contribution in [0.3, 0.4) is 0 Å². The molecule has 1 aliphatic heterocycles. The molecule has 0 radical (unpaired) electrons. The van der Waals surface area contributed by atoms with Crippen LogP contribution in [0.1, 0.15) is 6.42 Å². The van der Waals surface area contributed by atoms with E-state index < -0.39 is 19.1 Å². The minimum absolute atomic E-state index is 0.0995. The first-order valence-electron chi connectivity index (χ1n) is 5.13. The van der Waals surface area contributed by atoms with Gasteiger partial charge in [0.25, 0.3) is 6.43 Å². The van der Waals surface area contributed by atoms with Crippen molar-refractivity contribution in [1.82, 2.24) is 10.6 Å². The molecule has 0 spiro atoms. The largest absolute Gasteiger partial charge is 0.385 e. The Bertz CT molecular complexity index is 226. The smallest absolute Gasteiger partial charge is 0.265 e. The van der Waals surface area contributed by atoms with Gasteiger partial charge in [-0.25, -0.2) is 8.78 Å². The van der Waals surface area contributed by atoms with Gasteiger partial charge in [0.2, 0.25) is 5.91 Å². The third kappa shape index (κ3) is 5.09. The Balaban J connectivity index is 2.14. The summed E-state index contributed by atoms with van der Waals surface area (Å²) in [6.07, 6.45) is -4.33. The SMILES string of the molecule is O=C(CC1CSCCN1)NCC(O)C(F)F. The second-order valence-electron chi connectivity index (χ2n) is 3.64. The Morgan fingerprint density at radius 2 is 2.38 bits per heavy atom. The van der Waals surface area contributed by atoms with E-state index >= 15 is 0 Å². The highest BCUT2D eigenvalue weighted by molar-refractivity contribution is 7.99. The molecule has 4 nitrogen and oxygen atoms in total. The number of carbonyl (C=O) groups is 1. The summed E-state index contributed by atoms with van der Waals surface area (Å²) in [5, 5.41) is 14.3. The molecule has 1 fully saturated rings. The molecule has 1 saturated heterocycles. The van der Waals surface area contributed by atoms with Crippen molar-refractivity contribution in [3.8, 4) is 0 Å². The average Bonchev–Trinajstić information content (AvgIpc) is 2.27. The Morgan fingerprint density at radius 1 is 1.62 bits per heavy atom. The molecule has 1 aliphatic rings. The molecule has 0 bridgehead atoms. The van der Waals surface area contributed by atoms with Crippen LogP contribution in [-0.2, 0) is 4.79 Å². The number of halogens is 2. The van der Waals surface area contributed by atoms with Gasteiger partial charge in [-0.3, -0.25) is 4.79 Å². The Kier molecular flexibility index (Phi) is 6.00. The van der Waals surface area contributed by atoms with Crippen LogP contribution in [0, 0.1) is 0 Å². The predicted molar refractivity (Wildman–Crippen MR) is 58.8 cm³/mol. The molecule has 3 N–H and O–H groups in total. The number of alkyl halides is 2. The number of nitrogens with one attached hydrogen (secondary N) is 2. The van der Waals surface area contributed by atoms with E-state index in [1.807, 2.05) is 0 Å². The Hall–Kier alpha value is -0.400. The van der Waals surface area contributed by atoms with Crippen LogP contribution >= 0.6 is 11.8 Å². The van der Waals surface area contributed by atoms with E-state index in [0.717, 1.165) is 18.1 Å². The molecule has 0 aromatic rings. The van der Waals surface area contributed by atoms with Crippen LogP contribution < -0.4 is 10.6 Å². The van der Waals surface area contributed by atoms with Crippen LogP contribution in [-0.4, -0.2) is 54.2 Å². The topological polar surface area (TPSA) is 61.4 Å². The van der Waals surface area contributed by atoms with Crippen molar-refractivity contribution in [3.05, 3.63) is 0 Å². The summed E-state index contributed by atoms with van der Waals surface area (Å²) in [5.41, 5.74) is 0. The van der Waals surface area contributed by atoms with Crippen molar-refractivity contribution in [2.75, 3.05) is 24.6 Å². The highest BCUT2D eigenvalue weighted by Gasteiger charge is 2.20. The number of aliphatic hydroxyl groups is 1. The first-order valence-corrected chi connectivity index (χ1v) is 6.29. The summed E-state index contributed by atoms with van der Waals surface area (Å²) in [5.74, 6) is 1.58. The van der Waals surface area contributed by atoms with Gasteiger partial charge < -0.3 is 15.7 Å². The minimum atomic E-state index is -2.82. The Labute approximate surface area is 97.2 Å². The summed E-state index contributed by atoms with van der Waals surface area (Å²) in [4.78, 5) is 11.3. The van der Waals surface area contributed by atoms with Gasteiger partial charge in [0.15, 0.2) is 0 Å². The molecule has 0 saturated carbocycles. The lowest BCUT2D eigenvalue weighted by atomic mass is 10.2. The van der Waals surface area contributed by atoms with Crippen molar-refractivity contribution in [3.63, 3.8) is 0 Å². The van der Waals surface area contributed by atoms with Gasteiger partial charge in [0, 0.05) is 37.1 Å². The van der Waals surface area contributed by atoms with Crippen LogP contribution in [0.4, 0.5) is 8.78 Å². The lowest BCUT2D eigenvalue weighted by Gasteiger charge is -2.22. The van der Waals surface area contributed by atoms with Crippen molar-refractivity contribution in [1.29, 1.82) is 0 Å². The molecule has 1 amide bonds. The molecule has 2 atom stereocenters. The van der Waals surface area contributed by atoms with Gasteiger partial charge in [-0.15, -0.1) is 0 Å². The molecule has 0 aromatic carbocycles. The molecule has 94 valence electrons. The third-order valence-electron chi connectivity index (χ3n) is 2.23. The van der Waals surface area contributed by atoms with Gasteiger partial charge in [0.1, 0.15) is 6.10 Å². The van der Waals surface area contributed by atoms with E-state index in [1.165, 1.54) is 0 Å². The van der Waals surface area contributed by atoms with E-state index in [-0.39, 0.29) is 18.4 Å². The predicted octanol–water partition coefficient (Wildman–Crippen LogP) is -0.176. The number of amides is 1. The average molecular weight is 254 g/mol. The molecule has 2 unspecified atom stereocenters. The molecular formula is C9H16F2N2O2S. The van der Waals surface area contributed by atoms with Crippen molar-refractivity contribution in [2.45, 2.75) is 25.0 Å². The zero-order valence-electron chi connectivity index (χ0n) is 8.79. The van der Waals surface area contributed by atoms with E-state index in [4.69, 9.17) is 5.11 Å². The molecule has 1 rings (SSSR count). The lowest BCUT2D eigenvalue weighted by Crippen LogP contribution is -2.43. The highest BCUT2D eigenvalue weighted by Crippen LogP contribution is 2.10. The number of carbonyl (C=O) groups excluding carboxylic acids is 1. The summed E-state index contributed by atoms with van der Waals surface area (Å²) < 4.78 is 23.8. The quantitative estimate of drug-likeness (QED) is 0.637. The first-order chi connectivity index (χ1) is 7.59. The molecule has 1 heterocycles. The van der Waals surface area contributed by atoms with Crippen LogP contribution in [0.15, 0.2) is 0 Å². The monoisotopic (exact) mass is 254 g/mol. The number of thioether (sulfide) groups is 1. The number of aliphatic hydroxyl groups excluding tert-OH is 1. The second-order valence-corrected chi connectivity index (χ2v) is 4.79. The third-order valence-corrected chi connectivity index (χ3v) is 3.36. The summed E-state index contributed by atoms with van der Waals surface area (Å²) >= 11 is 1.76. The van der Waals surface area contributed by atoms with Gasteiger partial charge in [-0.2, -0.15) is 11.8 Å². The standard InChI is InChI=1S/C9H16F2N2O2S/c10-9(11)7(14)4-13-8(15)3-6-5-16-2-1-12-6/h6-7,9,12,14H,1-5H2,(H,13,15). The van der Waals surface area contributed by atoms with Crippen LogP contribution in [0.25, 0.3) is 0 Å². The maximum absolute atomic E-state index is 11.9. The van der Waals surface area contributed by atoms with Crippen molar-refractivity contribution in [2.24, 2.45) is 0 Å². The van der Waals surface area contributed by atoms with Gasteiger partial charge >= 0.3 is 0 Å². The van der Waals surface area contributed by atoms with Crippen LogP contribution in [0.5, 0.6) is 0 Å². The minimum Gasteiger partial charge on any atom is -0.385 e. The van der Waals surface area contributed by atoms with Crippen molar-refractivity contribution < 1.29 is 18.7 Å². The fourth-order valence-corrected chi connectivity index (χ4v) is 2.30. The number of hydrogen-bond donors (Lipinski definition) is 3. The maximum Gasteiger partial charge on any atom is 0.265 e. The number of rotatable bonds is 5. The first kappa shape index (κ1) is 13.7. The normalized spacial score (nSPS) is 23.1. The van der Waals surface area contributed by atoms with E-state index in [1.54, 1.807) is 11.8 Å². The zero-order valence-corrected chi connectivity index (χ0v) is 9.60. The zero-order chi connectivity index (χ0) is 12.0. The fourth-order valence-electron chi connectivity index (χ4n) is 1.35. The van der Waals surface area contributed by atoms with Gasteiger partial charge in [-0.1, -0.05) is 0 Å². The van der Waals surface area contributed by atoms with Crippen LogP contribution in [0.2, 0.25) is 0 Å². The van der Waals surface area contributed by atoms with E-state index in [2.05, 4.69) is 10.6 Å². The Morgan fingerprint density at radius 3 is 2.94 bits per heavy atom. The molecule has 7 heteroatoms. The summed E-state index contributed by atoms with van der Waals surface area (Å²) in [6, 6.07) is 0.0995. The molecule has 0 aliphatic carbocycles. The van der Waals surface area contributed by atoms with Crippen molar-refractivity contribution >= 4 is 17.7 Å². The molecule has 16 heavy (non-hydrogen) atoms. The van der Waals surface area contributed by atoms with E-state index in [0.29, 0.717) is 0 Å². The summed E-state index contributed by atoms with van der Waals surface area (Å²) in [7, 11) is 0. The molecule has 0 aromatic heterocycles. The maximum atomic E-state index is 11.9. The van der Waals surface area contributed by atoms with Gasteiger partial charge in [-0.05, 0) is 0 Å². The summed E-state index contributed by atoms with van der Waals surface area (Å²) in [6.45, 7) is 0.471. The molecular weight excluding hydrogens is 238 g/mol. The lowest BCUT2D eigenvalue weighted by molar-refractivity contribution is -0.122. The second kappa shape index (κ2) is 7.03. The van der Waals surface area contributed by atoms with E-state index in [9.17, 15) is 13.6 Å². The fraction of sp³-hybridized carbons (Fsp3) is 0.889. The van der Waals surface area contributed by atoms with Gasteiger partial charge in [0.05, 0.1) is 0 Å².